The van der Waals surface area contributed by atoms with E-state index in [1.54, 1.807) is 0 Å². The molecular weight excluding hydrogens is 793 g/mol. The number of hydrogen-bond acceptors (Lipinski definition) is 0. The first kappa shape index (κ1) is 36.9. The van der Waals surface area contributed by atoms with Gasteiger partial charge in [-0.05, 0) is 178 Å². The fraction of sp³-hybridized carbons (Fsp3) is 0. The van der Waals surface area contributed by atoms with Crippen LogP contribution in [0.1, 0.15) is 0 Å². The molecule has 0 amide bonds. The van der Waals surface area contributed by atoms with Crippen LogP contribution in [0, 0.1) is 0 Å². The molecule has 0 radical (unpaired) electrons. The number of hydrogen-bond donors (Lipinski definition) is 0. The van der Waals surface area contributed by atoms with Gasteiger partial charge in [-0.2, -0.15) is 0 Å². The molecule has 0 bridgehead atoms. The monoisotopic (exact) mass is 832 g/mol. The second-order valence-electron chi connectivity index (χ2n) is 18.0. The molecule has 0 N–H and O–H groups in total. The van der Waals surface area contributed by atoms with Crippen molar-refractivity contribution >= 4 is 97.0 Å². The average molecular weight is 833 g/mol. The Labute approximate surface area is 382 Å². The maximum absolute atomic E-state index is 2.45. The van der Waals surface area contributed by atoms with Crippen LogP contribution < -0.4 is 0 Å². The van der Waals surface area contributed by atoms with E-state index < -0.39 is 0 Å². The van der Waals surface area contributed by atoms with Gasteiger partial charge in [0.2, 0.25) is 0 Å². The lowest BCUT2D eigenvalue weighted by molar-refractivity contribution is 1.66. The summed E-state index contributed by atoms with van der Waals surface area (Å²) in [6, 6.07) is 90.5. The van der Waals surface area contributed by atoms with E-state index >= 15 is 0 Å². The molecule has 0 aliphatic heterocycles. The molecule has 0 fully saturated rings. The van der Waals surface area contributed by atoms with E-state index in [0.29, 0.717) is 0 Å². The number of benzene rings is 14. The van der Waals surface area contributed by atoms with Crippen LogP contribution in [0.5, 0.6) is 0 Å². The first-order chi connectivity index (χ1) is 32.7. The lowest BCUT2D eigenvalue weighted by Crippen LogP contribution is -1.90. The van der Waals surface area contributed by atoms with E-state index in [-0.39, 0.29) is 0 Å². The highest BCUT2D eigenvalue weighted by Gasteiger charge is 2.18. The van der Waals surface area contributed by atoms with Gasteiger partial charge in [-0.15, -0.1) is 0 Å². The Hall–Kier alpha value is -8.58. The van der Waals surface area contributed by atoms with Crippen molar-refractivity contribution in [3.05, 3.63) is 243 Å². The van der Waals surface area contributed by atoms with Crippen LogP contribution in [-0.4, -0.2) is 0 Å². The molecular formula is C66H40. The first-order valence-electron chi connectivity index (χ1n) is 23.0. The molecule has 0 aliphatic carbocycles. The molecule has 0 unspecified atom stereocenters. The third-order valence-electron chi connectivity index (χ3n) is 14.3. The summed E-state index contributed by atoms with van der Waals surface area (Å²) in [4.78, 5) is 0. The van der Waals surface area contributed by atoms with Gasteiger partial charge in [-0.25, -0.2) is 0 Å². The van der Waals surface area contributed by atoms with Gasteiger partial charge in [0.05, 0.1) is 0 Å². The van der Waals surface area contributed by atoms with Crippen LogP contribution in [0.2, 0.25) is 0 Å². The Morgan fingerprint density at radius 3 is 0.894 bits per heavy atom. The molecule has 304 valence electrons. The van der Waals surface area contributed by atoms with Crippen LogP contribution in [0.25, 0.3) is 141 Å². The predicted molar refractivity (Wildman–Crippen MR) is 286 cm³/mol. The van der Waals surface area contributed by atoms with Crippen molar-refractivity contribution in [2.45, 2.75) is 0 Å². The van der Waals surface area contributed by atoms with Gasteiger partial charge in [0.25, 0.3) is 0 Å². The largest absolute Gasteiger partial charge is 0.0616 e. The molecule has 14 rings (SSSR count). The van der Waals surface area contributed by atoms with Gasteiger partial charge in [-0.1, -0.05) is 206 Å². The molecule has 0 aromatic heterocycles. The zero-order valence-electron chi connectivity index (χ0n) is 36.1. The quantitative estimate of drug-likeness (QED) is 0.155. The van der Waals surface area contributed by atoms with Crippen molar-refractivity contribution in [1.29, 1.82) is 0 Å². The molecule has 0 aliphatic rings. The van der Waals surface area contributed by atoms with Crippen LogP contribution >= 0.6 is 0 Å². The normalized spacial score (nSPS) is 11.9. The van der Waals surface area contributed by atoms with Gasteiger partial charge in [0.1, 0.15) is 0 Å². The van der Waals surface area contributed by atoms with Crippen LogP contribution in [0.4, 0.5) is 0 Å². The lowest BCUT2D eigenvalue weighted by atomic mass is 9.85. The molecule has 0 saturated carbocycles. The number of rotatable bonds is 4. The van der Waals surface area contributed by atoms with E-state index in [1.165, 1.54) is 141 Å². The average Bonchev–Trinajstić information content (AvgIpc) is 3.39. The van der Waals surface area contributed by atoms with Crippen molar-refractivity contribution in [2.75, 3.05) is 0 Å². The molecule has 0 saturated heterocycles. The highest BCUT2D eigenvalue weighted by Crippen LogP contribution is 2.46. The van der Waals surface area contributed by atoms with Gasteiger partial charge < -0.3 is 0 Å². The SMILES string of the molecule is c1ccc2c(-c3ccc4cc(-c5ccc6c7ccccc7c7c8cc(-c9ccc%10cc(-c%11cccc%12ccccc%11%12)ccc%10c9)ccc8c8ccccc8c7c6c5)ccc4c3)cccc2c1. The molecule has 0 heteroatoms. The van der Waals surface area contributed by atoms with Crippen LogP contribution in [0.3, 0.4) is 0 Å². The Balaban J connectivity index is 0.932. The molecule has 14 aromatic carbocycles. The summed E-state index contributed by atoms with van der Waals surface area (Å²) in [6.45, 7) is 0. The summed E-state index contributed by atoms with van der Waals surface area (Å²) in [5.74, 6) is 0. The van der Waals surface area contributed by atoms with Crippen LogP contribution in [0.15, 0.2) is 243 Å². The Bertz CT molecular complexity index is 4050. The van der Waals surface area contributed by atoms with Crippen molar-refractivity contribution in [3.8, 4) is 44.5 Å². The summed E-state index contributed by atoms with van der Waals surface area (Å²) in [5, 5.41) is 22.9. The van der Waals surface area contributed by atoms with Gasteiger partial charge in [0.15, 0.2) is 0 Å². The maximum Gasteiger partial charge on any atom is -0.00137 e. The Morgan fingerprint density at radius 1 is 0.152 bits per heavy atom. The topological polar surface area (TPSA) is 0 Å². The molecule has 14 aromatic rings. The molecule has 0 heterocycles. The second kappa shape index (κ2) is 14.5. The van der Waals surface area contributed by atoms with E-state index in [9.17, 15) is 0 Å². The zero-order valence-corrected chi connectivity index (χ0v) is 36.1. The Morgan fingerprint density at radius 2 is 0.455 bits per heavy atom. The molecule has 0 spiro atoms. The summed E-state index contributed by atoms with van der Waals surface area (Å²) in [6.07, 6.45) is 0. The minimum absolute atomic E-state index is 1.22. The third kappa shape index (κ3) is 5.72. The van der Waals surface area contributed by atoms with Gasteiger partial charge >= 0.3 is 0 Å². The van der Waals surface area contributed by atoms with Crippen molar-refractivity contribution < 1.29 is 0 Å². The zero-order chi connectivity index (χ0) is 43.3. The first-order valence-corrected chi connectivity index (χ1v) is 23.0. The second-order valence-corrected chi connectivity index (χ2v) is 18.0. The van der Waals surface area contributed by atoms with Crippen molar-refractivity contribution in [3.63, 3.8) is 0 Å². The van der Waals surface area contributed by atoms with E-state index in [0.717, 1.165) is 0 Å². The number of fused-ring (bicyclic) bond motifs is 15. The van der Waals surface area contributed by atoms with E-state index in [4.69, 9.17) is 0 Å². The summed E-state index contributed by atoms with van der Waals surface area (Å²) >= 11 is 0. The smallest absolute Gasteiger partial charge is 0.00137 e. The fourth-order valence-electron chi connectivity index (χ4n) is 11.2. The molecule has 0 atom stereocenters. The molecule has 66 heavy (non-hydrogen) atoms. The molecule has 0 nitrogen and oxygen atoms in total. The predicted octanol–water partition coefficient (Wildman–Crippen LogP) is 18.7. The Kier molecular flexibility index (Phi) is 8.08. The van der Waals surface area contributed by atoms with E-state index in [1.807, 2.05) is 0 Å². The minimum atomic E-state index is 1.22. The van der Waals surface area contributed by atoms with Crippen molar-refractivity contribution in [2.24, 2.45) is 0 Å². The summed E-state index contributed by atoms with van der Waals surface area (Å²) in [7, 11) is 0. The summed E-state index contributed by atoms with van der Waals surface area (Å²) in [5.41, 5.74) is 9.89. The van der Waals surface area contributed by atoms with Gasteiger partial charge in [0, 0.05) is 0 Å². The van der Waals surface area contributed by atoms with Gasteiger partial charge in [-0.3, -0.25) is 0 Å². The maximum atomic E-state index is 2.45. The fourth-order valence-corrected chi connectivity index (χ4v) is 11.2. The highest BCUT2D eigenvalue weighted by atomic mass is 14.2. The standard InChI is InChI=1S/C66H40/c1-3-15-53-41(11-1)13-9-21-55(53)51-29-27-43-35-45(23-25-47(43)37-51)49-31-33-59-57-17-5-8-20-62(57)66-64-40-50(32-34-60(64)58-18-6-7-19-61(58)65(66)63(59)39-49)46-24-26-48-38-52(30-28-44(48)36-46)56-22-10-14-42-12-2-4-16-54(42)56/h1-40H. The third-order valence-corrected chi connectivity index (χ3v) is 14.3. The van der Waals surface area contributed by atoms with Crippen LogP contribution in [-0.2, 0) is 0 Å². The highest BCUT2D eigenvalue weighted by molar-refractivity contribution is 6.40. The lowest BCUT2D eigenvalue weighted by Gasteiger charge is -2.18. The minimum Gasteiger partial charge on any atom is -0.0616 e. The van der Waals surface area contributed by atoms with E-state index in [2.05, 4.69) is 243 Å². The van der Waals surface area contributed by atoms with Crippen molar-refractivity contribution in [1.82, 2.24) is 0 Å². The summed E-state index contributed by atoms with van der Waals surface area (Å²) < 4.78 is 0.